The summed E-state index contributed by atoms with van der Waals surface area (Å²) in [5.74, 6) is 0.106. The second-order valence-corrected chi connectivity index (χ2v) is 6.52. The van der Waals surface area contributed by atoms with Crippen LogP contribution in [-0.2, 0) is 12.8 Å². The fourth-order valence-electron chi connectivity index (χ4n) is 2.51. The van der Waals surface area contributed by atoms with Crippen molar-refractivity contribution in [2.45, 2.75) is 26.7 Å². The van der Waals surface area contributed by atoms with Gasteiger partial charge in [0.05, 0.1) is 4.88 Å². The van der Waals surface area contributed by atoms with Crippen LogP contribution in [0.5, 0.6) is 0 Å². The zero-order valence-electron chi connectivity index (χ0n) is 13.3. The van der Waals surface area contributed by atoms with Gasteiger partial charge in [-0.1, -0.05) is 37.3 Å². The first kappa shape index (κ1) is 16.7. The van der Waals surface area contributed by atoms with Gasteiger partial charge in [-0.05, 0) is 37.0 Å². The molecule has 1 aromatic carbocycles. The number of nitrogens with zero attached hydrogens (tertiary/aromatic N) is 1. The summed E-state index contributed by atoms with van der Waals surface area (Å²) in [5, 5.41) is 0. The van der Waals surface area contributed by atoms with E-state index in [1.54, 1.807) is 11.3 Å². The van der Waals surface area contributed by atoms with Crippen LogP contribution in [0.3, 0.4) is 0 Å². The number of aryl methyl sites for hydroxylation is 2. The largest absolute Gasteiger partial charge is 0.336 e. The highest BCUT2D eigenvalue weighted by atomic mass is 32.1. The Morgan fingerprint density at radius 3 is 2.55 bits per heavy atom. The number of hydrogen-bond acceptors (Lipinski definition) is 3. The van der Waals surface area contributed by atoms with Crippen LogP contribution in [0.25, 0.3) is 0 Å². The molecule has 0 saturated carbocycles. The van der Waals surface area contributed by atoms with E-state index in [1.165, 1.54) is 16.0 Å². The molecule has 2 rings (SSSR count). The molecule has 0 spiro atoms. The Kier molecular flexibility index (Phi) is 6.16. The lowest BCUT2D eigenvalue weighted by Gasteiger charge is -2.21. The topological polar surface area (TPSA) is 46.3 Å². The lowest BCUT2D eigenvalue weighted by molar-refractivity contribution is 0.0767. The van der Waals surface area contributed by atoms with Gasteiger partial charge in [0.1, 0.15) is 0 Å². The van der Waals surface area contributed by atoms with Crippen molar-refractivity contribution in [2.24, 2.45) is 5.73 Å². The molecule has 1 aromatic heterocycles. The summed E-state index contributed by atoms with van der Waals surface area (Å²) >= 11 is 1.61. The fourth-order valence-corrected chi connectivity index (χ4v) is 3.59. The lowest BCUT2D eigenvalue weighted by Crippen LogP contribution is -2.36. The molecular weight excluding hydrogens is 292 g/mol. The third-order valence-electron chi connectivity index (χ3n) is 3.75. The van der Waals surface area contributed by atoms with Crippen LogP contribution < -0.4 is 5.73 Å². The molecule has 0 unspecified atom stereocenters. The Labute approximate surface area is 136 Å². The normalized spacial score (nSPS) is 10.7. The van der Waals surface area contributed by atoms with E-state index in [-0.39, 0.29) is 5.91 Å². The molecule has 3 nitrogen and oxygen atoms in total. The summed E-state index contributed by atoms with van der Waals surface area (Å²) in [4.78, 5) is 16.7. The van der Waals surface area contributed by atoms with Gasteiger partial charge >= 0.3 is 0 Å². The zero-order chi connectivity index (χ0) is 15.9. The highest BCUT2D eigenvalue weighted by molar-refractivity contribution is 7.14. The average molecular weight is 316 g/mol. The number of amides is 1. The first-order valence-corrected chi connectivity index (χ1v) is 8.60. The Bertz CT molecular complexity index is 607. The van der Waals surface area contributed by atoms with Gasteiger partial charge in [0.2, 0.25) is 0 Å². The average Bonchev–Trinajstić information content (AvgIpc) is 2.92. The maximum Gasteiger partial charge on any atom is 0.263 e. The van der Waals surface area contributed by atoms with Crippen molar-refractivity contribution in [3.8, 4) is 0 Å². The van der Waals surface area contributed by atoms with Gasteiger partial charge in [0.15, 0.2) is 0 Å². The second kappa shape index (κ2) is 8.11. The van der Waals surface area contributed by atoms with Crippen LogP contribution in [0.4, 0.5) is 0 Å². The van der Waals surface area contributed by atoms with Crippen molar-refractivity contribution >= 4 is 17.2 Å². The smallest absolute Gasteiger partial charge is 0.263 e. The molecule has 2 N–H and O–H groups in total. The van der Waals surface area contributed by atoms with Gasteiger partial charge in [-0.25, -0.2) is 0 Å². The van der Waals surface area contributed by atoms with Crippen molar-refractivity contribution in [2.75, 3.05) is 19.6 Å². The minimum atomic E-state index is 0.106. The molecule has 0 bridgehead atoms. The van der Waals surface area contributed by atoms with Crippen LogP contribution in [0.1, 0.15) is 32.6 Å². The van der Waals surface area contributed by atoms with E-state index in [0.717, 1.165) is 17.7 Å². The number of rotatable bonds is 7. The number of carbonyl (C=O) groups excluding carboxylic acids is 1. The van der Waals surface area contributed by atoms with Crippen LogP contribution >= 0.6 is 11.3 Å². The SMILES string of the molecule is CCc1sc(C(=O)N(CCN)CCc2ccccc2)cc1C. The summed E-state index contributed by atoms with van der Waals surface area (Å²) in [5.41, 5.74) is 8.14. The van der Waals surface area contributed by atoms with E-state index >= 15 is 0 Å². The minimum Gasteiger partial charge on any atom is -0.336 e. The lowest BCUT2D eigenvalue weighted by atomic mass is 10.1. The molecule has 1 amide bonds. The van der Waals surface area contributed by atoms with Crippen molar-refractivity contribution < 1.29 is 4.79 Å². The first-order chi connectivity index (χ1) is 10.7. The van der Waals surface area contributed by atoms with Gasteiger partial charge in [-0.15, -0.1) is 11.3 Å². The fraction of sp³-hybridized carbons (Fsp3) is 0.389. The summed E-state index contributed by atoms with van der Waals surface area (Å²) in [6, 6.07) is 12.3. The predicted octanol–water partition coefficient (Wildman–Crippen LogP) is 3.26. The van der Waals surface area contributed by atoms with Gasteiger partial charge in [-0.3, -0.25) is 4.79 Å². The van der Waals surface area contributed by atoms with Crippen molar-refractivity contribution in [3.05, 3.63) is 57.3 Å². The molecule has 1 heterocycles. The predicted molar refractivity (Wildman–Crippen MR) is 93.5 cm³/mol. The molecule has 118 valence electrons. The van der Waals surface area contributed by atoms with Crippen molar-refractivity contribution in [1.29, 1.82) is 0 Å². The van der Waals surface area contributed by atoms with Crippen LogP contribution in [0.2, 0.25) is 0 Å². The molecule has 0 aliphatic rings. The molecular formula is C18H24N2OS. The summed E-state index contributed by atoms with van der Waals surface area (Å²) < 4.78 is 0. The molecule has 2 aromatic rings. The van der Waals surface area contributed by atoms with Gasteiger partial charge in [0, 0.05) is 24.5 Å². The van der Waals surface area contributed by atoms with E-state index in [4.69, 9.17) is 5.73 Å². The number of benzene rings is 1. The standard InChI is InChI=1S/C18H24N2OS/c1-3-16-14(2)13-17(22-16)18(21)20(12-10-19)11-9-15-7-5-4-6-8-15/h4-8,13H,3,9-12,19H2,1-2H3. The molecule has 22 heavy (non-hydrogen) atoms. The quantitative estimate of drug-likeness (QED) is 0.852. The highest BCUT2D eigenvalue weighted by Gasteiger charge is 2.18. The molecule has 0 saturated heterocycles. The molecule has 0 fully saturated rings. The Morgan fingerprint density at radius 1 is 1.23 bits per heavy atom. The molecule has 0 radical (unpaired) electrons. The molecule has 0 aliphatic carbocycles. The third-order valence-corrected chi connectivity index (χ3v) is 5.12. The number of thiophene rings is 1. The van der Waals surface area contributed by atoms with Crippen LogP contribution in [0.15, 0.2) is 36.4 Å². The van der Waals surface area contributed by atoms with Crippen molar-refractivity contribution in [1.82, 2.24) is 4.90 Å². The van der Waals surface area contributed by atoms with E-state index in [2.05, 4.69) is 26.0 Å². The third kappa shape index (κ3) is 4.18. The highest BCUT2D eigenvalue weighted by Crippen LogP contribution is 2.23. The van der Waals surface area contributed by atoms with Gasteiger partial charge in [-0.2, -0.15) is 0 Å². The van der Waals surface area contributed by atoms with E-state index < -0.39 is 0 Å². The van der Waals surface area contributed by atoms with Crippen LogP contribution in [0, 0.1) is 6.92 Å². The monoisotopic (exact) mass is 316 g/mol. The van der Waals surface area contributed by atoms with E-state index in [9.17, 15) is 4.79 Å². The zero-order valence-corrected chi connectivity index (χ0v) is 14.2. The first-order valence-electron chi connectivity index (χ1n) is 7.78. The summed E-state index contributed by atoms with van der Waals surface area (Å²) in [7, 11) is 0. The van der Waals surface area contributed by atoms with E-state index in [0.29, 0.717) is 19.6 Å². The number of carbonyl (C=O) groups is 1. The summed E-state index contributed by atoms with van der Waals surface area (Å²) in [6.07, 6.45) is 1.84. The maximum atomic E-state index is 12.7. The van der Waals surface area contributed by atoms with E-state index in [1.807, 2.05) is 29.2 Å². The molecule has 0 aliphatic heterocycles. The second-order valence-electron chi connectivity index (χ2n) is 5.39. The Balaban J connectivity index is 2.07. The number of nitrogens with two attached hydrogens (primary N) is 1. The number of hydrogen-bond donors (Lipinski definition) is 1. The minimum absolute atomic E-state index is 0.106. The van der Waals surface area contributed by atoms with Gasteiger partial charge in [0.25, 0.3) is 5.91 Å². The Morgan fingerprint density at radius 2 is 1.95 bits per heavy atom. The Hall–Kier alpha value is -1.65. The maximum absolute atomic E-state index is 12.7. The van der Waals surface area contributed by atoms with Crippen molar-refractivity contribution in [3.63, 3.8) is 0 Å². The molecule has 0 atom stereocenters. The van der Waals surface area contributed by atoms with Crippen LogP contribution in [-0.4, -0.2) is 30.4 Å². The van der Waals surface area contributed by atoms with Gasteiger partial charge < -0.3 is 10.6 Å². The summed E-state index contributed by atoms with van der Waals surface area (Å²) in [6.45, 7) is 6.00. The molecule has 4 heteroatoms.